The van der Waals surface area contributed by atoms with Crippen LogP contribution in [0.4, 0.5) is 5.69 Å². The quantitative estimate of drug-likeness (QED) is 0.752. The normalized spacial score (nSPS) is 24.8. The van der Waals surface area contributed by atoms with Crippen molar-refractivity contribution >= 4 is 23.3 Å². The van der Waals surface area contributed by atoms with E-state index >= 15 is 0 Å². The average Bonchev–Trinajstić information content (AvgIpc) is 2.67. The minimum atomic E-state index is -0.932. The van der Waals surface area contributed by atoms with Crippen LogP contribution in [0.2, 0.25) is 0 Å². The fourth-order valence-corrected chi connectivity index (χ4v) is 4.15. The maximum Gasteiger partial charge on any atom is 0.309 e. The molecule has 1 aromatic rings. The molecule has 4 atom stereocenters. The van der Waals surface area contributed by atoms with Crippen molar-refractivity contribution < 1.29 is 28.6 Å². The smallest absolute Gasteiger partial charge is 0.309 e. The Morgan fingerprint density at radius 3 is 2.32 bits per heavy atom. The van der Waals surface area contributed by atoms with Crippen LogP contribution in [0.1, 0.15) is 39.0 Å². The van der Waals surface area contributed by atoms with E-state index in [4.69, 9.17) is 14.2 Å². The highest BCUT2D eigenvalue weighted by Gasteiger charge is 2.42. The number of esters is 1. The van der Waals surface area contributed by atoms with Crippen molar-refractivity contribution in [2.75, 3.05) is 19.5 Å². The van der Waals surface area contributed by atoms with Crippen molar-refractivity contribution in [2.24, 2.45) is 17.8 Å². The number of anilines is 1. The first-order valence-electron chi connectivity index (χ1n) is 9.70. The summed E-state index contributed by atoms with van der Waals surface area (Å²) in [6.07, 6.45) is 2.91. The van der Waals surface area contributed by atoms with Gasteiger partial charge in [0.05, 0.1) is 20.1 Å². The monoisotopic (exact) mass is 389 g/mol. The number of ether oxygens (including phenoxy) is 3. The summed E-state index contributed by atoms with van der Waals surface area (Å²) in [5.41, 5.74) is 0.517. The summed E-state index contributed by atoms with van der Waals surface area (Å²) in [5.74, 6) is 0.175. The Morgan fingerprint density at radius 2 is 1.71 bits per heavy atom. The standard InChI is InChI=1S/C21H27NO6/c1-12(20(24)22-16-7-8-17(26-2)18(11-16)27-3)28-21(25)15-9-13-5-4-6-14(10-15)19(13)23/h7-8,11-15H,4-6,9-10H2,1-3H3,(H,22,24)/t12-,13-,14+,15?/m1/s1. The number of benzene rings is 1. The van der Waals surface area contributed by atoms with Gasteiger partial charge in [-0.15, -0.1) is 0 Å². The molecule has 0 spiro atoms. The van der Waals surface area contributed by atoms with Crippen LogP contribution in [0, 0.1) is 17.8 Å². The summed E-state index contributed by atoms with van der Waals surface area (Å²) >= 11 is 0. The van der Waals surface area contributed by atoms with Crippen LogP contribution in [0.5, 0.6) is 11.5 Å². The molecule has 0 aromatic heterocycles. The van der Waals surface area contributed by atoms with Crippen LogP contribution < -0.4 is 14.8 Å². The number of ketones is 1. The van der Waals surface area contributed by atoms with Gasteiger partial charge in [0.15, 0.2) is 17.6 Å². The van der Waals surface area contributed by atoms with Gasteiger partial charge in [0, 0.05) is 23.6 Å². The van der Waals surface area contributed by atoms with Gasteiger partial charge in [-0.25, -0.2) is 0 Å². The van der Waals surface area contributed by atoms with Gasteiger partial charge in [-0.05, 0) is 44.7 Å². The van der Waals surface area contributed by atoms with Gasteiger partial charge < -0.3 is 19.5 Å². The second-order valence-electron chi connectivity index (χ2n) is 7.53. The fourth-order valence-electron chi connectivity index (χ4n) is 4.15. The SMILES string of the molecule is COc1ccc(NC(=O)[C@@H](C)OC(=O)C2C[C@H]3CCC[C@@H](C2)C3=O)cc1OC. The van der Waals surface area contributed by atoms with E-state index in [1.807, 2.05) is 0 Å². The summed E-state index contributed by atoms with van der Waals surface area (Å²) in [6, 6.07) is 5.00. The van der Waals surface area contributed by atoms with Crippen molar-refractivity contribution in [2.45, 2.75) is 45.1 Å². The lowest BCUT2D eigenvalue weighted by molar-refractivity contribution is -0.161. The number of hydrogen-bond donors (Lipinski definition) is 1. The minimum absolute atomic E-state index is 0.0269. The second kappa shape index (κ2) is 8.63. The van der Waals surface area contributed by atoms with E-state index in [2.05, 4.69) is 5.32 Å². The number of nitrogens with one attached hydrogen (secondary N) is 1. The van der Waals surface area contributed by atoms with Crippen LogP contribution in [0.25, 0.3) is 0 Å². The third kappa shape index (κ3) is 4.29. The molecule has 1 aromatic carbocycles. The zero-order valence-corrected chi connectivity index (χ0v) is 16.5. The Balaban J connectivity index is 1.57. The van der Waals surface area contributed by atoms with Crippen LogP contribution in [-0.4, -0.2) is 38.0 Å². The largest absolute Gasteiger partial charge is 0.493 e. The van der Waals surface area contributed by atoms with Crippen LogP contribution in [-0.2, 0) is 19.1 Å². The number of Topliss-reactive ketones (excluding diaryl/α,β-unsaturated/α-hetero) is 1. The minimum Gasteiger partial charge on any atom is -0.493 e. The molecular weight excluding hydrogens is 362 g/mol. The molecule has 0 aliphatic heterocycles. The van der Waals surface area contributed by atoms with E-state index in [-0.39, 0.29) is 23.7 Å². The number of amides is 1. The Labute approximate surface area is 164 Å². The summed E-state index contributed by atoms with van der Waals surface area (Å²) in [4.78, 5) is 37.1. The molecule has 1 unspecified atom stereocenters. The zero-order chi connectivity index (χ0) is 20.3. The summed E-state index contributed by atoms with van der Waals surface area (Å²) < 4.78 is 15.8. The molecule has 2 aliphatic carbocycles. The molecule has 3 rings (SSSR count). The zero-order valence-electron chi connectivity index (χ0n) is 16.5. The van der Waals surface area contributed by atoms with Crippen molar-refractivity contribution in [3.05, 3.63) is 18.2 Å². The van der Waals surface area contributed by atoms with Crippen LogP contribution in [0.3, 0.4) is 0 Å². The number of rotatable bonds is 6. The molecule has 152 valence electrons. The van der Waals surface area contributed by atoms with Gasteiger partial charge >= 0.3 is 5.97 Å². The van der Waals surface area contributed by atoms with Crippen molar-refractivity contribution in [3.63, 3.8) is 0 Å². The fraction of sp³-hybridized carbons (Fsp3) is 0.571. The predicted molar refractivity (Wildman–Crippen MR) is 102 cm³/mol. The number of fused-ring (bicyclic) bond motifs is 2. The maximum absolute atomic E-state index is 12.5. The highest BCUT2D eigenvalue weighted by atomic mass is 16.5. The Hall–Kier alpha value is -2.57. The van der Waals surface area contributed by atoms with Crippen molar-refractivity contribution in [1.29, 1.82) is 0 Å². The lowest BCUT2D eigenvalue weighted by atomic mass is 9.67. The average molecular weight is 389 g/mol. The molecule has 0 radical (unpaired) electrons. The lowest BCUT2D eigenvalue weighted by Gasteiger charge is -2.36. The van der Waals surface area contributed by atoms with Crippen LogP contribution >= 0.6 is 0 Å². The van der Waals surface area contributed by atoms with E-state index in [0.29, 0.717) is 35.8 Å². The van der Waals surface area contributed by atoms with Crippen molar-refractivity contribution in [3.8, 4) is 11.5 Å². The first-order valence-corrected chi connectivity index (χ1v) is 9.70. The third-order valence-electron chi connectivity index (χ3n) is 5.69. The lowest BCUT2D eigenvalue weighted by Crippen LogP contribution is -2.41. The molecule has 0 heterocycles. The number of carbonyl (C=O) groups is 3. The molecule has 0 saturated heterocycles. The molecule has 28 heavy (non-hydrogen) atoms. The molecule has 7 heteroatoms. The van der Waals surface area contributed by atoms with E-state index in [1.165, 1.54) is 14.2 Å². The number of methoxy groups -OCH3 is 2. The van der Waals surface area contributed by atoms with Crippen molar-refractivity contribution in [1.82, 2.24) is 0 Å². The van der Waals surface area contributed by atoms with Gasteiger partial charge in [0.25, 0.3) is 5.91 Å². The van der Waals surface area contributed by atoms with Gasteiger partial charge in [-0.3, -0.25) is 14.4 Å². The molecule has 2 fully saturated rings. The Morgan fingerprint density at radius 1 is 1.07 bits per heavy atom. The van der Waals surface area contributed by atoms with Gasteiger partial charge in [0.2, 0.25) is 0 Å². The topological polar surface area (TPSA) is 90.9 Å². The summed E-state index contributed by atoms with van der Waals surface area (Å²) in [5, 5.41) is 2.72. The highest BCUT2D eigenvalue weighted by molar-refractivity contribution is 5.95. The first kappa shape index (κ1) is 20.2. The maximum atomic E-state index is 12.5. The third-order valence-corrected chi connectivity index (χ3v) is 5.69. The van der Waals surface area contributed by atoms with E-state index in [0.717, 1.165) is 19.3 Å². The van der Waals surface area contributed by atoms with E-state index in [1.54, 1.807) is 25.1 Å². The molecule has 1 N–H and O–H groups in total. The second-order valence-corrected chi connectivity index (χ2v) is 7.53. The highest BCUT2D eigenvalue weighted by Crippen LogP contribution is 2.40. The molecule has 2 aliphatic rings. The summed E-state index contributed by atoms with van der Waals surface area (Å²) in [7, 11) is 3.04. The molecular formula is C21H27NO6. The first-order chi connectivity index (χ1) is 13.4. The van der Waals surface area contributed by atoms with Gasteiger partial charge in [0.1, 0.15) is 5.78 Å². The molecule has 7 nitrogen and oxygen atoms in total. The number of hydrogen-bond acceptors (Lipinski definition) is 6. The van der Waals surface area contributed by atoms with Crippen LogP contribution in [0.15, 0.2) is 18.2 Å². The van der Waals surface area contributed by atoms with E-state index < -0.39 is 12.0 Å². The van der Waals surface area contributed by atoms with Gasteiger partial charge in [-0.2, -0.15) is 0 Å². The Kier molecular flexibility index (Phi) is 6.21. The molecule has 2 bridgehead atoms. The van der Waals surface area contributed by atoms with E-state index in [9.17, 15) is 14.4 Å². The molecule has 2 saturated carbocycles. The molecule has 1 amide bonds. The number of carbonyl (C=O) groups excluding carboxylic acids is 3. The Bertz CT molecular complexity index is 745. The van der Waals surface area contributed by atoms with Gasteiger partial charge in [-0.1, -0.05) is 6.42 Å². The predicted octanol–water partition coefficient (Wildman–Crippen LogP) is 2.97. The summed E-state index contributed by atoms with van der Waals surface area (Å²) in [6.45, 7) is 1.54.